The molecule has 4 aromatic carbocycles. The number of azo groups is 2. The fourth-order valence-electron chi connectivity index (χ4n) is 4.53. The number of nitrogens with two attached hydrogens (primary N) is 1. The number of phenols is 1. The molecule has 0 spiro atoms. The van der Waals surface area contributed by atoms with E-state index in [4.69, 9.17) is 14.8 Å². The smallest absolute Gasteiger partial charge is 0.397 e. The van der Waals surface area contributed by atoms with Gasteiger partial charge in [-0.15, -0.1) is 10.2 Å². The summed E-state index contributed by atoms with van der Waals surface area (Å²) in [6, 6.07) is 9.70. The SMILES string of the molecule is Nc1c(N=Nc2cccc(S(=O)(=O)CCOS(=O)(=O)O)c2)c(S(=O)(=O)O)cc2cc(S(=O)(=O)O)c(N=Nc3cccc(S(=O)(=O)CCOS(=O)(=O)O)c3)c(O)c12. The quantitative estimate of drug-likeness (QED) is 0.0534. The van der Waals surface area contributed by atoms with E-state index in [0.717, 1.165) is 42.5 Å². The minimum absolute atomic E-state index is 0.293. The van der Waals surface area contributed by atoms with Gasteiger partial charge in [-0.3, -0.25) is 18.2 Å². The van der Waals surface area contributed by atoms with Crippen LogP contribution in [0, 0.1) is 0 Å². The second-order valence-corrected chi connectivity index (χ2v) is 20.0. The average molecular weight is 904 g/mol. The first kappa shape index (κ1) is 44.1. The fraction of sp³-hybridized carbons (Fsp3) is 0.154. The second-order valence-electron chi connectivity index (χ2n) is 10.8. The number of hydrogen-bond donors (Lipinski definition) is 6. The second kappa shape index (κ2) is 16.1. The summed E-state index contributed by atoms with van der Waals surface area (Å²) < 4.78 is 188. The Balaban J connectivity index is 1.83. The Hall–Kier alpha value is -4.60. The minimum atomic E-state index is -5.34. The predicted molar refractivity (Wildman–Crippen MR) is 190 cm³/mol. The summed E-state index contributed by atoms with van der Waals surface area (Å²) in [6.45, 7) is -1.93. The van der Waals surface area contributed by atoms with E-state index in [-0.39, 0.29) is 11.4 Å². The van der Waals surface area contributed by atoms with Crippen LogP contribution in [0.25, 0.3) is 10.8 Å². The molecule has 7 N–H and O–H groups in total. The van der Waals surface area contributed by atoms with E-state index < -0.39 is 139 Å². The number of sulfone groups is 2. The van der Waals surface area contributed by atoms with E-state index in [1.807, 2.05) is 0 Å². The van der Waals surface area contributed by atoms with Gasteiger partial charge in [0.25, 0.3) is 20.2 Å². The molecule has 0 aromatic heterocycles. The molecule has 0 fully saturated rings. The lowest BCUT2D eigenvalue weighted by atomic mass is 10.1. The highest BCUT2D eigenvalue weighted by Gasteiger charge is 2.28. The number of phenolic OH excluding ortho intramolecular Hbond substituents is 1. The van der Waals surface area contributed by atoms with Crippen molar-refractivity contribution in [3.05, 3.63) is 60.7 Å². The third-order valence-electron chi connectivity index (χ3n) is 6.92. The first-order chi connectivity index (χ1) is 25.6. The summed E-state index contributed by atoms with van der Waals surface area (Å²) >= 11 is 0. The molecule has 4 rings (SSSR count). The van der Waals surface area contributed by atoms with E-state index in [1.165, 1.54) is 6.07 Å². The Bertz CT molecular complexity index is 2770. The van der Waals surface area contributed by atoms with Gasteiger partial charge in [-0.2, -0.15) is 43.9 Å². The van der Waals surface area contributed by atoms with Crippen molar-refractivity contribution in [2.45, 2.75) is 19.6 Å². The molecule has 56 heavy (non-hydrogen) atoms. The number of benzene rings is 4. The van der Waals surface area contributed by atoms with Crippen LogP contribution in [0.4, 0.5) is 28.4 Å². The number of nitrogens with zero attached hydrogens (tertiary/aromatic N) is 4. The molecule has 0 heterocycles. The summed E-state index contributed by atoms with van der Waals surface area (Å²) in [5.41, 5.74) is 2.83. The maximum absolute atomic E-state index is 12.6. The molecule has 0 aliphatic carbocycles. The van der Waals surface area contributed by atoms with Crippen LogP contribution in [0.5, 0.6) is 5.75 Å². The molecule has 304 valence electrons. The molecule has 4 aromatic rings. The molecule has 0 saturated carbocycles. The summed E-state index contributed by atoms with van der Waals surface area (Å²) in [4.78, 5) is -3.24. The molecule has 0 aliphatic rings. The lowest BCUT2D eigenvalue weighted by Crippen LogP contribution is -2.15. The highest BCUT2D eigenvalue weighted by atomic mass is 32.3. The van der Waals surface area contributed by atoms with Gasteiger partial charge in [-0.1, -0.05) is 12.1 Å². The molecule has 0 atom stereocenters. The summed E-state index contributed by atoms with van der Waals surface area (Å²) in [5.74, 6) is -3.04. The van der Waals surface area contributed by atoms with Gasteiger partial charge in [0.1, 0.15) is 21.2 Å². The Morgan fingerprint density at radius 1 is 0.554 bits per heavy atom. The van der Waals surface area contributed by atoms with Crippen LogP contribution in [0.15, 0.2) is 101 Å². The zero-order valence-corrected chi connectivity index (χ0v) is 32.3. The molecule has 0 amide bonds. The molecule has 30 heteroatoms. The van der Waals surface area contributed by atoms with Gasteiger partial charge in [-0.05, 0) is 53.9 Å². The van der Waals surface area contributed by atoms with E-state index in [9.17, 15) is 64.7 Å². The van der Waals surface area contributed by atoms with E-state index in [0.29, 0.717) is 12.1 Å². The number of hydrogen-bond acceptors (Lipinski definition) is 20. The van der Waals surface area contributed by atoms with Crippen LogP contribution in [-0.4, -0.2) is 98.5 Å². The maximum Gasteiger partial charge on any atom is 0.397 e. The van der Waals surface area contributed by atoms with Crippen LogP contribution < -0.4 is 5.73 Å². The molecule has 0 bridgehead atoms. The Kier molecular flexibility index (Phi) is 12.7. The Morgan fingerprint density at radius 2 is 0.946 bits per heavy atom. The van der Waals surface area contributed by atoms with Crippen LogP contribution >= 0.6 is 0 Å². The maximum atomic E-state index is 12.6. The number of aromatic hydroxyl groups is 1. The Morgan fingerprint density at radius 3 is 1.34 bits per heavy atom. The lowest BCUT2D eigenvalue weighted by molar-refractivity contribution is 0.282. The third-order valence-corrected chi connectivity index (χ3v) is 12.9. The van der Waals surface area contributed by atoms with Crippen LogP contribution in [0.3, 0.4) is 0 Å². The van der Waals surface area contributed by atoms with Crippen molar-refractivity contribution in [1.29, 1.82) is 0 Å². The number of anilines is 1. The van der Waals surface area contributed by atoms with Gasteiger partial charge in [0.2, 0.25) is 0 Å². The van der Waals surface area contributed by atoms with Crippen LogP contribution in [0.2, 0.25) is 0 Å². The highest BCUT2D eigenvalue weighted by molar-refractivity contribution is 7.91. The van der Waals surface area contributed by atoms with E-state index >= 15 is 0 Å². The molecule has 0 aliphatic heterocycles. The summed E-state index contributed by atoms with van der Waals surface area (Å²) in [6.07, 6.45) is 0. The van der Waals surface area contributed by atoms with Crippen molar-refractivity contribution >= 4 is 99.9 Å². The van der Waals surface area contributed by atoms with Crippen LogP contribution in [-0.2, 0) is 69.1 Å². The van der Waals surface area contributed by atoms with Crippen molar-refractivity contribution in [3.63, 3.8) is 0 Å². The van der Waals surface area contributed by atoms with E-state index in [2.05, 4.69) is 28.8 Å². The Labute approximate surface area is 317 Å². The van der Waals surface area contributed by atoms with Gasteiger partial charge >= 0.3 is 20.8 Å². The first-order valence-electron chi connectivity index (χ1n) is 14.4. The normalized spacial score (nSPS) is 13.6. The minimum Gasteiger partial charge on any atom is -0.505 e. The zero-order chi connectivity index (χ0) is 42.1. The van der Waals surface area contributed by atoms with Crippen molar-refractivity contribution in [2.75, 3.05) is 30.5 Å². The topological polar surface area (TPSA) is 400 Å². The van der Waals surface area contributed by atoms with Crippen molar-refractivity contribution in [3.8, 4) is 5.75 Å². The van der Waals surface area contributed by atoms with Gasteiger partial charge in [0.15, 0.2) is 25.4 Å². The summed E-state index contributed by atoms with van der Waals surface area (Å²) in [5, 5.41) is 24.9. The molecule has 0 saturated heterocycles. The molecular formula is C26H25N5O19S6. The van der Waals surface area contributed by atoms with Crippen molar-refractivity contribution in [1.82, 2.24) is 0 Å². The van der Waals surface area contributed by atoms with Gasteiger partial charge in [-0.25, -0.2) is 25.2 Å². The third kappa shape index (κ3) is 11.3. The van der Waals surface area contributed by atoms with Crippen molar-refractivity contribution in [2.24, 2.45) is 20.5 Å². The predicted octanol–water partition coefficient (Wildman–Crippen LogP) is 2.64. The lowest BCUT2D eigenvalue weighted by Gasteiger charge is -2.14. The highest BCUT2D eigenvalue weighted by Crippen LogP contribution is 2.48. The average Bonchev–Trinajstić information content (AvgIpc) is 3.05. The standard InChI is InChI=1S/C26H25N5O19S6/c27-23-22-15(11-20(53(37,38)39)24(23)30-28-16-3-1-5-18(13-16)51(33,34)9-7-49-55(43,44)45)12-21(54(40,41)42)25(26(22)32)31-29-17-4-2-6-19(14-17)52(35,36)10-8-50-56(46,47)48/h1-6,11-14,32H,7-10,27H2,(H,37,38,39)(H,40,41,42)(H,43,44,45)(H,46,47,48). The number of fused-ring (bicyclic) bond motifs is 1. The van der Waals surface area contributed by atoms with Crippen molar-refractivity contribution < 1.29 is 82.2 Å². The first-order valence-corrected chi connectivity index (χ1v) is 23.3. The molecule has 0 unspecified atom stereocenters. The molecule has 0 radical (unpaired) electrons. The monoisotopic (exact) mass is 903 g/mol. The van der Waals surface area contributed by atoms with Gasteiger partial charge < -0.3 is 10.8 Å². The van der Waals surface area contributed by atoms with Crippen LogP contribution in [0.1, 0.15) is 0 Å². The fourth-order valence-corrected chi connectivity index (χ4v) is 8.91. The summed E-state index contributed by atoms with van der Waals surface area (Å²) in [7, 11) is -29.1. The zero-order valence-electron chi connectivity index (χ0n) is 27.4. The van der Waals surface area contributed by atoms with Gasteiger partial charge in [0, 0.05) is 0 Å². The number of nitrogen functional groups attached to an aromatic ring is 1. The largest absolute Gasteiger partial charge is 0.505 e. The van der Waals surface area contributed by atoms with Gasteiger partial charge in [0.05, 0.1) is 57.0 Å². The molecular weight excluding hydrogens is 879 g/mol. The van der Waals surface area contributed by atoms with E-state index in [1.54, 1.807) is 0 Å². The molecule has 24 nitrogen and oxygen atoms in total. The number of rotatable bonds is 16.